The van der Waals surface area contributed by atoms with E-state index in [1.54, 1.807) is 0 Å². The van der Waals surface area contributed by atoms with Crippen molar-refractivity contribution in [2.75, 3.05) is 32.1 Å². The number of carbonyl (C=O) groups excluding carboxylic acids is 2. The number of halogens is 2. The molecule has 188 valence electrons. The van der Waals surface area contributed by atoms with Crippen LogP contribution in [0, 0.1) is 13.8 Å². The number of amides is 2. The summed E-state index contributed by atoms with van der Waals surface area (Å²) in [5.41, 5.74) is 3.27. The van der Waals surface area contributed by atoms with E-state index in [0.717, 1.165) is 24.0 Å². The molecule has 2 aromatic rings. The van der Waals surface area contributed by atoms with Crippen LogP contribution in [-0.2, 0) is 14.3 Å². The van der Waals surface area contributed by atoms with Crippen LogP contribution in [0.3, 0.4) is 0 Å². The molecule has 1 aliphatic heterocycles. The number of hydrogen-bond donors (Lipinski definition) is 1. The number of benzene rings is 2. The molecule has 1 fully saturated rings. The second-order valence-corrected chi connectivity index (χ2v) is 8.27. The van der Waals surface area contributed by atoms with Crippen molar-refractivity contribution in [3.63, 3.8) is 0 Å². The maximum Gasteiger partial charge on any atom is 0.387 e. The number of carbonyl (C=O) groups is 2. The minimum atomic E-state index is -2.98. The zero-order valence-corrected chi connectivity index (χ0v) is 20.1. The predicted octanol–water partition coefficient (Wildman–Crippen LogP) is 4.57. The standard InChI is InChI=1S/C26H30F2N2O5/c1-17-6-4-8-21(18(17)2)29-24(31)16-30(15-20-7-5-13-34-20)25(32)12-10-19-9-11-22(35-26(27)28)23(14-19)33-3/h4,6,8-12,14,20,26H,5,7,13,15-16H2,1-3H3,(H,29,31)/b12-10+. The Hall–Kier alpha value is -3.46. The fourth-order valence-corrected chi connectivity index (χ4v) is 3.77. The Morgan fingerprint density at radius 1 is 1.23 bits per heavy atom. The number of alkyl halides is 2. The predicted molar refractivity (Wildman–Crippen MR) is 129 cm³/mol. The maximum atomic E-state index is 13.0. The second kappa shape index (κ2) is 12.3. The number of anilines is 1. The van der Waals surface area contributed by atoms with Gasteiger partial charge in [-0.15, -0.1) is 0 Å². The van der Waals surface area contributed by atoms with E-state index in [9.17, 15) is 18.4 Å². The van der Waals surface area contributed by atoms with Crippen LogP contribution in [-0.4, -0.2) is 56.2 Å². The maximum absolute atomic E-state index is 13.0. The summed E-state index contributed by atoms with van der Waals surface area (Å²) in [7, 11) is 1.34. The summed E-state index contributed by atoms with van der Waals surface area (Å²) in [6.45, 7) is 1.69. The molecule has 7 nitrogen and oxygen atoms in total. The fourth-order valence-electron chi connectivity index (χ4n) is 3.77. The fraction of sp³-hybridized carbons (Fsp3) is 0.385. The zero-order chi connectivity index (χ0) is 25.4. The van der Waals surface area contributed by atoms with Crippen molar-refractivity contribution in [3.05, 3.63) is 59.2 Å². The first-order valence-corrected chi connectivity index (χ1v) is 11.3. The first-order valence-electron chi connectivity index (χ1n) is 11.3. The van der Waals surface area contributed by atoms with Gasteiger partial charge < -0.3 is 24.4 Å². The Morgan fingerprint density at radius 2 is 2.03 bits per heavy atom. The van der Waals surface area contributed by atoms with Crippen molar-refractivity contribution < 1.29 is 32.6 Å². The van der Waals surface area contributed by atoms with Gasteiger partial charge in [-0.2, -0.15) is 8.78 Å². The van der Waals surface area contributed by atoms with Gasteiger partial charge in [-0.25, -0.2) is 0 Å². The first-order chi connectivity index (χ1) is 16.8. The Bertz CT molecular complexity index is 1070. The lowest BCUT2D eigenvalue weighted by Gasteiger charge is -2.24. The van der Waals surface area contributed by atoms with E-state index in [2.05, 4.69) is 10.1 Å². The molecule has 1 N–H and O–H groups in total. The summed E-state index contributed by atoms with van der Waals surface area (Å²) in [5, 5.41) is 2.88. The van der Waals surface area contributed by atoms with Crippen molar-refractivity contribution in [1.29, 1.82) is 0 Å². The Balaban J connectivity index is 1.72. The molecule has 0 spiro atoms. The third-order valence-corrected chi connectivity index (χ3v) is 5.79. The lowest BCUT2D eigenvalue weighted by molar-refractivity contribution is -0.131. The van der Waals surface area contributed by atoms with Gasteiger partial charge in [0.1, 0.15) is 6.54 Å². The van der Waals surface area contributed by atoms with E-state index in [4.69, 9.17) is 9.47 Å². The van der Waals surface area contributed by atoms with Crippen LogP contribution in [0.4, 0.5) is 14.5 Å². The van der Waals surface area contributed by atoms with Gasteiger partial charge in [0.05, 0.1) is 13.2 Å². The highest BCUT2D eigenvalue weighted by Crippen LogP contribution is 2.30. The van der Waals surface area contributed by atoms with Crippen LogP contribution in [0.15, 0.2) is 42.5 Å². The highest BCUT2D eigenvalue weighted by atomic mass is 19.3. The largest absolute Gasteiger partial charge is 0.493 e. The van der Waals surface area contributed by atoms with Crippen molar-refractivity contribution in [1.82, 2.24) is 4.90 Å². The second-order valence-electron chi connectivity index (χ2n) is 8.27. The average Bonchev–Trinajstić information content (AvgIpc) is 3.33. The van der Waals surface area contributed by atoms with E-state index < -0.39 is 6.61 Å². The lowest BCUT2D eigenvalue weighted by Crippen LogP contribution is -2.41. The average molecular weight is 489 g/mol. The molecule has 35 heavy (non-hydrogen) atoms. The SMILES string of the molecule is COc1cc(/C=C/C(=O)N(CC(=O)Nc2cccc(C)c2C)CC2CCCO2)ccc1OC(F)F. The highest BCUT2D eigenvalue weighted by molar-refractivity contribution is 5.98. The summed E-state index contributed by atoms with van der Waals surface area (Å²) in [6.07, 6.45) is 4.45. The van der Waals surface area contributed by atoms with Crippen LogP contribution in [0.25, 0.3) is 6.08 Å². The van der Waals surface area contributed by atoms with E-state index in [-0.39, 0.29) is 42.5 Å². The van der Waals surface area contributed by atoms with E-state index in [1.807, 2.05) is 32.0 Å². The van der Waals surface area contributed by atoms with Gasteiger partial charge in [-0.05, 0) is 67.7 Å². The number of ether oxygens (including phenoxy) is 3. The quantitative estimate of drug-likeness (QED) is 0.496. The Kier molecular flexibility index (Phi) is 9.19. The van der Waals surface area contributed by atoms with Crippen molar-refractivity contribution >= 4 is 23.6 Å². The molecule has 1 heterocycles. The molecular weight excluding hydrogens is 458 g/mol. The molecule has 9 heteroatoms. The van der Waals surface area contributed by atoms with E-state index in [0.29, 0.717) is 17.9 Å². The molecule has 2 aromatic carbocycles. The summed E-state index contributed by atoms with van der Waals surface area (Å²) < 4.78 is 40.3. The third kappa shape index (κ3) is 7.51. The van der Waals surface area contributed by atoms with E-state index in [1.165, 1.54) is 42.4 Å². The summed E-state index contributed by atoms with van der Waals surface area (Å²) in [5.74, 6) is -0.671. The number of aryl methyl sites for hydroxylation is 1. The van der Waals surface area contributed by atoms with E-state index >= 15 is 0 Å². The monoisotopic (exact) mass is 488 g/mol. The molecule has 0 saturated carbocycles. The minimum Gasteiger partial charge on any atom is -0.493 e. The number of methoxy groups -OCH3 is 1. The zero-order valence-electron chi connectivity index (χ0n) is 20.1. The molecule has 0 aromatic heterocycles. The molecule has 3 rings (SSSR count). The number of nitrogens with zero attached hydrogens (tertiary/aromatic N) is 1. The topological polar surface area (TPSA) is 77.1 Å². The van der Waals surface area contributed by atoms with Gasteiger partial charge in [0.2, 0.25) is 11.8 Å². The van der Waals surface area contributed by atoms with Crippen molar-refractivity contribution in [3.8, 4) is 11.5 Å². The van der Waals surface area contributed by atoms with Crippen LogP contribution in [0.5, 0.6) is 11.5 Å². The molecule has 2 amide bonds. The van der Waals surface area contributed by atoms with Gasteiger partial charge >= 0.3 is 6.61 Å². The van der Waals surface area contributed by atoms with Gasteiger partial charge in [0.25, 0.3) is 0 Å². The molecule has 1 saturated heterocycles. The van der Waals surface area contributed by atoms with Gasteiger partial charge in [-0.1, -0.05) is 18.2 Å². The molecule has 0 radical (unpaired) electrons. The number of nitrogens with one attached hydrogen (secondary N) is 1. The van der Waals surface area contributed by atoms with Crippen LogP contribution in [0.1, 0.15) is 29.5 Å². The van der Waals surface area contributed by atoms with Crippen molar-refractivity contribution in [2.45, 2.75) is 39.4 Å². The smallest absolute Gasteiger partial charge is 0.387 e. The number of hydrogen-bond acceptors (Lipinski definition) is 5. The highest BCUT2D eigenvalue weighted by Gasteiger charge is 2.23. The third-order valence-electron chi connectivity index (χ3n) is 5.79. The van der Waals surface area contributed by atoms with Gasteiger partial charge in [0.15, 0.2) is 11.5 Å². The van der Waals surface area contributed by atoms with Crippen LogP contribution in [0.2, 0.25) is 0 Å². The van der Waals surface area contributed by atoms with Gasteiger partial charge in [-0.3, -0.25) is 9.59 Å². The molecular formula is C26H30F2N2O5. The molecule has 1 aliphatic rings. The normalized spacial score (nSPS) is 15.4. The summed E-state index contributed by atoms with van der Waals surface area (Å²) in [6, 6.07) is 10.0. The lowest BCUT2D eigenvalue weighted by atomic mass is 10.1. The summed E-state index contributed by atoms with van der Waals surface area (Å²) >= 11 is 0. The molecule has 0 bridgehead atoms. The Morgan fingerprint density at radius 3 is 2.71 bits per heavy atom. The number of rotatable bonds is 10. The molecule has 1 atom stereocenters. The van der Waals surface area contributed by atoms with Crippen LogP contribution >= 0.6 is 0 Å². The van der Waals surface area contributed by atoms with Gasteiger partial charge in [0, 0.05) is 24.9 Å². The van der Waals surface area contributed by atoms with Crippen LogP contribution < -0.4 is 14.8 Å². The molecule has 1 unspecified atom stereocenters. The van der Waals surface area contributed by atoms with Crippen molar-refractivity contribution in [2.24, 2.45) is 0 Å². The first kappa shape index (κ1) is 26.2. The molecule has 0 aliphatic carbocycles. The Labute approximate surface area is 203 Å². The minimum absolute atomic E-state index is 0.103. The summed E-state index contributed by atoms with van der Waals surface area (Å²) in [4.78, 5) is 27.3.